The van der Waals surface area contributed by atoms with Gasteiger partial charge < -0.3 is 15.2 Å². The van der Waals surface area contributed by atoms with Crippen LogP contribution in [0.5, 0.6) is 11.5 Å². The number of aromatic nitrogens is 2. The molecule has 0 aliphatic carbocycles. The van der Waals surface area contributed by atoms with E-state index < -0.39 is 0 Å². The number of H-pyrrole nitrogens is 1. The Labute approximate surface area is 87.2 Å². The number of nitrogens with zero attached hydrogens (tertiary/aromatic N) is 1. The summed E-state index contributed by atoms with van der Waals surface area (Å²) < 4.78 is 0. The summed E-state index contributed by atoms with van der Waals surface area (Å²) in [4.78, 5) is 7.29. The molecule has 0 saturated carbocycles. The first-order valence-electron chi connectivity index (χ1n) is 4.77. The molecule has 2 rings (SSSR count). The van der Waals surface area contributed by atoms with Crippen LogP contribution in [0, 0.1) is 0 Å². The zero-order chi connectivity index (χ0) is 10.8. The van der Waals surface area contributed by atoms with Crippen LogP contribution < -0.4 is 0 Å². The van der Waals surface area contributed by atoms with Crippen LogP contribution in [0.2, 0.25) is 0 Å². The SMILES string of the molecule is CCc1ncc(-c2ccc(O)c(O)c2)[nH]1. The second-order valence-corrected chi connectivity index (χ2v) is 3.30. The number of nitrogens with one attached hydrogen (secondary N) is 1. The number of aromatic hydroxyl groups is 2. The van der Waals surface area contributed by atoms with E-state index in [0.717, 1.165) is 23.5 Å². The second-order valence-electron chi connectivity index (χ2n) is 3.30. The quantitative estimate of drug-likeness (QED) is 0.656. The number of phenolic OH excluding ortho intramolecular Hbond substituents is 2. The van der Waals surface area contributed by atoms with Gasteiger partial charge in [0.05, 0.1) is 11.9 Å². The molecular weight excluding hydrogens is 192 g/mol. The lowest BCUT2D eigenvalue weighted by Gasteiger charge is -2.00. The molecule has 0 unspecified atom stereocenters. The van der Waals surface area contributed by atoms with E-state index in [4.69, 9.17) is 5.11 Å². The third kappa shape index (κ3) is 1.79. The van der Waals surface area contributed by atoms with Crippen LogP contribution in [-0.2, 0) is 6.42 Å². The van der Waals surface area contributed by atoms with Crippen molar-refractivity contribution in [3.8, 4) is 22.8 Å². The molecule has 4 nitrogen and oxygen atoms in total. The maximum Gasteiger partial charge on any atom is 0.158 e. The number of aromatic amines is 1. The minimum atomic E-state index is -0.125. The second kappa shape index (κ2) is 3.65. The summed E-state index contributed by atoms with van der Waals surface area (Å²) in [7, 11) is 0. The van der Waals surface area contributed by atoms with Gasteiger partial charge >= 0.3 is 0 Å². The minimum Gasteiger partial charge on any atom is -0.504 e. The smallest absolute Gasteiger partial charge is 0.158 e. The van der Waals surface area contributed by atoms with Crippen LogP contribution in [-0.4, -0.2) is 20.2 Å². The molecule has 1 aromatic heterocycles. The molecule has 78 valence electrons. The topological polar surface area (TPSA) is 69.1 Å². The summed E-state index contributed by atoms with van der Waals surface area (Å²) in [6, 6.07) is 4.68. The Morgan fingerprint density at radius 2 is 2.07 bits per heavy atom. The molecule has 0 spiro atoms. The molecule has 1 aromatic carbocycles. The van der Waals surface area contributed by atoms with E-state index in [0.29, 0.717) is 0 Å². The van der Waals surface area contributed by atoms with Crippen molar-refractivity contribution in [1.29, 1.82) is 0 Å². The van der Waals surface area contributed by atoms with E-state index in [1.807, 2.05) is 6.92 Å². The van der Waals surface area contributed by atoms with Crippen LogP contribution in [0.1, 0.15) is 12.7 Å². The van der Waals surface area contributed by atoms with Gasteiger partial charge in [-0.1, -0.05) is 6.92 Å². The van der Waals surface area contributed by atoms with Gasteiger partial charge in [0.25, 0.3) is 0 Å². The third-order valence-corrected chi connectivity index (χ3v) is 2.25. The van der Waals surface area contributed by atoms with E-state index in [1.165, 1.54) is 12.1 Å². The van der Waals surface area contributed by atoms with Crippen LogP contribution in [0.3, 0.4) is 0 Å². The van der Waals surface area contributed by atoms with Gasteiger partial charge in [0.2, 0.25) is 0 Å². The van der Waals surface area contributed by atoms with Crippen molar-refractivity contribution in [2.75, 3.05) is 0 Å². The van der Waals surface area contributed by atoms with Gasteiger partial charge in [-0.3, -0.25) is 0 Å². The van der Waals surface area contributed by atoms with E-state index in [2.05, 4.69) is 9.97 Å². The Balaban J connectivity index is 2.40. The largest absolute Gasteiger partial charge is 0.504 e. The predicted molar refractivity (Wildman–Crippen MR) is 56.7 cm³/mol. The van der Waals surface area contributed by atoms with Gasteiger partial charge in [-0.05, 0) is 18.2 Å². The Bertz CT molecular complexity index is 477. The van der Waals surface area contributed by atoms with Crippen molar-refractivity contribution in [1.82, 2.24) is 9.97 Å². The maximum absolute atomic E-state index is 9.34. The van der Waals surface area contributed by atoms with Crippen LogP contribution in [0.25, 0.3) is 11.3 Å². The lowest BCUT2D eigenvalue weighted by Crippen LogP contribution is -1.82. The first-order chi connectivity index (χ1) is 7.20. The standard InChI is InChI=1S/C11H12N2O2/c1-2-11-12-6-8(13-11)7-3-4-9(14)10(15)5-7/h3-6,14-15H,2H2,1H3,(H,12,13). The molecule has 0 aliphatic heterocycles. The molecule has 2 aromatic rings. The van der Waals surface area contributed by atoms with Crippen molar-refractivity contribution in [3.63, 3.8) is 0 Å². The van der Waals surface area contributed by atoms with Gasteiger partial charge in [-0.15, -0.1) is 0 Å². The highest BCUT2D eigenvalue weighted by atomic mass is 16.3. The predicted octanol–water partition coefficient (Wildman–Crippen LogP) is 2.05. The highest BCUT2D eigenvalue weighted by Crippen LogP contribution is 2.29. The molecule has 0 bridgehead atoms. The molecular formula is C11H12N2O2. The lowest BCUT2D eigenvalue weighted by atomic mass is 10.1. The van der Waals surface area contributed by atoms with E-state index in [9.17, 15) is 5.11 Å². The number of phenols is 2. The normalized spacial score (nSPS) is 10.5. The fraction of sp³-hybridized carbons (Fsp3) is 0.182. The van der Waals surface area contributed by atoms with Gasteiger partial charge in [0, 0.05) is 12.0 Å². The number of hydrogen-bond acceptors (Lipinski definition) is 3. The van der Waals surface area contributed by atoms with Crippen LogP contribution in [0.15, 0.2) is 24.4 Å². The Morgan fingerprint density at radius 1 is 1.27 bits per heavy atom. The van der Waals surface area contributed by atoms with Gasteiger partial charge in [-0.2, -0.15) is 0 Å². The molecule has 3 N–H and O–H groups in total. The summed E-state index contributed by atoms with van der Waals surface area (Å²) in [6.07, 6.45) is 2.55. The van der Waals surface area contributed by atoms with Gasteiger partial charge in [-0.25, -0.2) is 4.98 Å². The molecule has 0 fully saturated rings. The molecule has 1 heterocycles. The van der Waals surface area contributed by atoms with Crippen molar-refractivity contribution < 1.29 is 10.2 Å². The molecule has 0 amide bonds. The van der Waals surface area contributed by atoms with Crippen molar-refractivity contribution in [3.05, 3.63) is 30.2 Å². The number of imidazole rings is 1. The minimum absolute atomic E-state index is 0.117. The van der Waals surface area contributed by atoms with Gasteiger partial charge in [0.15, 0.2) is 11.5 Å². The number of benzene rings is 1. The first-order valence-corrected chi connectivity index (χ1v) is 4.77. The molecule has 0 aliphatic rings. The number of hydrogen-bond donors (Lipinski definition) is 3. The Kier molecular flexibility index (Phi) is 2.33. The fourth-order valence-corrected chi connectivity index (χ4v) is 1.38. The zero-order valence-corrected chi connectivity index (χ0v) is 8.36. The molecule has 4 heteroatoms. The highest BCUT2D eigenvalue weighted by molar-refractivity contribution is 5.62. The zero-order valence-electron chi connectivity index (χ0n) is 8.36. The monoisotopic (exact) mass is 204 g/mol. The average molecular weight is 204 g/mol. The lowest BCUT2D eigenvalue weighted by molar-refractivity contribution is 0.404. The highest BCUT2D eigenvalue weighted by Gasteiger charge is 2.05. The van der Waals surface area contributed by atoms with E-state index in [1.54, 1.807) is 12.3 Å². The average Bonchev–Trinajstić information content (AvgIpc) is 2.70. The molecule has 15 heavy (non-hydrogen) atoms. The molecule has 0 radical (unpaired) electrons. The summed E-state index contributed by atoms with van der Waals surface area (Å²) in [5, 5.41) is 18.5. The van der Waals surface area contributed by atoms with E-state index in [-0.39, 0.29) is 11.5 Å². The Hall–Kier alpha value is -1.97. The summed E-state index contributed by atoms with van der Waals surface area (Å²) >= 11 is 0. The summed E-state index contributed by atoms with van der Waals surface area (Å²) in [5.41, 5.74) is 1.64. The van der Waals surface area contributed by atoms with Crippen LogP contribution >= 0.6 is 0 Å². The van der Waals surface area contributed by atoms with Crippen molar-refractivity contribution in [2.45, 2.75) is 13.3 Å². The molecule has 0 atom stereocenters. The van der Waals surface area contributed by atoms with Gasteiger partial charge in [0.1, 0.15) is 5.82 Å². The first kappa shape index (κ1) is 9.58. The van der Waals surface area contributed by atoms with Crippen LogP contribution in [0.4, 0.5) is 0 Å². The molecule has 0 saturated heterocycles. The third-order valence-electron chi connectivity index (χ3n) is 2.25. The van der Waals surface area contributed by atoms with Crippen molar-refractivity contribution in [2.24, 2.45) is 0 Å². The van der Waals surface area contributed by atoms with Crippen molar-refractivity contribution >= 4 is 0 Å². The summed E-state index contributed by atoms with van der Waals surface area (Å²) in [5.74, 6) is 0.659. The summed E-state index contributed by atoms with van der Waals surface area (Å²) in [6.45, 7) is 2.01. The fourth-order valence-electron chi connectivity index (χ4n) is 1.38. The Morgan fingerprint density at radius 3 is 2.67 bits per heavy atom. The number of rotatable bonds is 2. The number of aryl methyl sites for hydroxylation is 1. The maximum atomic E-state index is 9.34. The van der Waals surface area contributed by atoms with E-state index >= 15 is 0 Å².